The van der Waals surface area contributed by atoms with Crippen LogP contribution in [0.25, 0.3) is 0 Å². The van der Waals surface area contributed by atoms with Crippen LogP contribution in [0.2, 0.25) is 0 Å². The van der Waals surface area contributed by atoms with Gasteiger partial charge in [-0.05, 0) is 33.1 Å². The Labute approximate surface area is 86.5 Å². The lowest BCUT2D eigenvalue weighted by molar-refractivity contribution is -0.151. The number of hydrogen-bond acceptors (Lipinski definition) is 2. The highest BCUT2D eigenvalue weighted by molar-refractivity contribution is 5.73. The van der Waals surface area contributed by atoms with Crippen LogP contribution in [0.1, 0.15) is 41.0 Å². The SMILES string of the molecule is CC(C)CC(C)OCC(C)(C)C(=O)O. The third-order valence-corrected chi connectivity index (χ3v) is 2.11. The van der Waals surface area contributed by atoms with Gasteiger partial charge in [-0.15, -0.1) is 0 Å². The van der Waals surface area contributed by atoms with Crippen molar-refractivity contribution < 1.29 is 14.6 Å². The van der Waals surface area contributed by atoms with Crippen molar-refractivity contribution >= 4 is 5.97 Å². The second kappa shape index (κ2) is 5.35. The molecule has 0 radical (unpaired) electrons. The highest BCUT2D eigenvalue weighted by Crippen LogP contribution is 2.18. The zero-order valence-electron chi connectivity index (χ0n) is 9.83. The second-order valence-electron chi connectivity index (χ2n) is 4.94. The van der Waals surface area contributed by atoms with Crippen molar-refractivity contribution in [3.8, 4) is 0 Å². The van der Waals surface area contributed by atoms with Gasteiger partial charge in [0.15, 0.2) is 0 Å². The molecule has 0 rings (SSSR count). The van der Waals surface area contributed by atoms with Gasteiger partial charge in [0.1, 0.15) is 0 Å². The quantitative estimate of drug-likeness (QED) is 0.720. The van der Waals surface area contributed by atoms with Crippen LogP contribution in [0.4, 0.5) is 0 Å². The zero-order valence-corrected chi connectivity index (χ0v) is 9.83. The summed E-state index contributed by atoms with van der Waals surface area (Å²) in [5, 5.41) is 8.86. The Balaban J connectivity index is 3.87. The molecule has 0 amide bonds. The van der Waals surface area contributed by atoms with Crippen molar-refractivity contribution in [2.45, 2.75) is 47.1 Å². The lowest BCUT2D eigenvalue weighted by atomic mass is 9.95. The maximum absolute atomic E-state index is 10.8. The van der Waals surface area contributed by atoms with Crippen molar-refractivity contribution in [1.29, 1.82) is 0 Å². The van der Waals surface area contributed by atoms with Gasteiger partial charge in [0, 0.05) is 0 Å². The normalized spacial score (nSPS) is 14.4. The van der Waals surface area contributed by atoms with Crippen LogP contribution < -0.4 is 0 Å². The van der Waals surface area contributed by atoms with E-state index in [-0.39, 0.29) is 12.7 Å². The van der Waals surface area contributed by atoms with Crippen LogP contribution >= 0.6 is 0 Å². The molecule has 0 aliphatic heterocycles. The van der Waals surface area contributed by atoms with Gasteiger partial charge in [-0.25, -0.2) is 0 Å². The third kappa shape index (κ3) is 5.22. The van der Waals surface area contributed by atoms with E-state index in [0.29, 0.717) is 5.92 Å². The Kier molecular flexibility index (Phi) is 5.13. The largest absolute Gasteiger partial charge is 0.481 e. The first-order valence-electron chi connectivity index (χ1n) is 5.10. The molecule has 1 atom stereocenters. The molecular formula is C11H22O3. The average Bonchev–Trinajstić information content (AvgIpc) is 1.99. The van der Waals surface area contributed by atoms with Crippen molar-refractivity contribution in [2.75, 3.05) is 6.61 Å². The molecular weight excluding hydrogens is 180 g/mol. The molecule has 14 heavy (non-hydrogen) atoms. The van der Waals surface area contributed by atoms with Gasteiger partial charge in [0.25, 0.3) is 0 Å². The highest BCUT2D eigenvalue weighted by Gasteiger charge is 2.28. The summed E-state index contributed by atoms with van der Waals surface area (Å²) in [7, 11) is 0. The van der Waals surface area contributed by atoms with E-state index < -0.39 is 11.4 Å². The summed E-state index contributed by atoms with van der Waals surface area (Å²) in [5.41, 5.74) is -0.786. The van der Waals surface area contributed by atoms with E-state index in [4.69, 9.17) is 9.84 Å². The summed E-state index contributed by atoms with van der Waals surface area (Å²) >= 11 is 0. The molecule has 0 aromatic heterocycles. The Hall–Kier alpha value is -0.570. The molecule has 0 aromatic rings. The summed E-state index contributed by atoms with van der Waals surface area (Å²) in [5.74, 6) is -0.229. The number of rotatable bonds is 6. The molecule has 0 spiro atoms. The van der Waals surface area contributed by atoms with Gasteiger partial charge in [-0.1, -0.05) is 13.8 Å². The molecule has 84 valence electrons. The molecule has 0 aliphatic carbocycles. The average molecular weight is 202 g/mol. The Bertz CT molecular complexity index is 185. The van der Waals surface area contributed by atoms with Gasteiger partial charge < -0.3 is 9.84 Å². The molecule has 1 unspecified atom stereocenters. The number of carboxylic acid groups (broad SMARTS) is 1. The molecule has 1 N–H and O–H groups in total. The van der Waals surface area contributed by atoms with E-state index in [1.165, 1.54) is 0 Å². The van der Waals surface area contributed by atoms with Crippen LogP contribution in [-0.2, 0) is 9.53 Å². The third-order valence-electron chi connectivity index (χ3n) is 2.11. The van der Waals surface area contributed by atoms with Gasteiger partial charge >= 0.3 is 5.97 Å². The Morgan fingerprint density at radius 1 is 1.36 bits per heavy atom. The first-order chi connectivity index (χ1) is 6.25. The molecule has 0 bridgehead atoms. The number of ether oxygens (including phenoxy) is 1. The minimum absolute atomic E-state index is 0.133. The van der Waals surface area contributed by atoms with E-state index in [0.717, 1.165) is 6.42 Å². The first kappa shape index (κ1) is 13.4. The molecule has 0 fully saturated rings. The maximum Gasteiger partial charge on any atom is 0.311 e. The van der Waals surface area contributed by atoms with Gasteiger partial charge in [-0.3, -0.25) is 4.79 Å². The van der Waals surface area contributed by atoms with Crippen molar-refractivity contribution in [2.24, 2.45) is 11.3 Å². The van der Waals surface area contributed by atoms with Crippen LogP contribution in [-0.4, -0.2) is 23.8 Å². The minimum atomic E-state index is -0.811. The van der Waals surface area contributed by atoms with Crippen LogP contribution in [0, 0.1) is 11.3 Å². The topological polar surface area (TPSA) is 46.5 Å². The fourth-order valence-corrected chi connectivity index (χ4v) is 1.14. The molecule has 0 saturated heterocycles. The summed E-state index contributed by atoms with van der Waals surface area (Å²) in [4.78, 5) is 10.8. The summed E-state index contributed by atoms with van der Waals surface area (Å²) < 4.78 is 5.50. The van der Waals surface area contributed by atoms with E-state index in [9.17, 15) is 4.79 Å². The van der Waals surface area contributed by atoms with Crippen molar-refractivity contribution in [3.63, 3.8) is 0 Å². The lowest BCUT2D eigenvalue weighted by Gasteiger charge is -2.22. The van der Waals surface area contributed by atoms with Crippen molar-refractivity contribution in [1.82, 2.24) is 0 Å². The first-order valence-corrected chi connectivity index (χ1v) is 5.10. The number of carboxylic acids is 1. The van der Waals surface area contributed by atoms with E-state index in [1.807, 2.05) is 6.92 Å². The molecule has 0 saturated carbocycles. The number of hydrogen-bond donors (Lipinski definition) is 1. The highest BCUT2D eigenvalue weighted by atomic mass is 16.5. The molecule has 3 nitrogen and oxygen atoms in total. The minimum Gasteiger partial charge on any atom is -0.481 e. The zero-order chi connectivity index (χ0) is 11.4. The predicted octanol–water partition coefficient (Wildman–Crippen LogP) is 2.55. The molecule has 0 aliphatic rings. The van der Waals surface area contributed by atoms with Crippen LogP contribution in [0.15, 0.2) is 0 Å². The van der Waals surface area contributed by atoms with Gasteiger partial charge in [0.05, 0.1) is 18.1 Å². The monoisotopic (exact) mass is 202 g/mol. The summed E-state index contributed by atoms with van der Waals surface area (Å²) in [6.07, 6.45) is 1.10. The summed E-state index contributed by atoms with van der Waals surface area (Å²) in [6, 6.07) is 0. The second-order valence-corrected chi connectivity index (χ2v) is 4.94. The smallest absolute Gasteiger partial charge is 0.311 e. The lowest BCUT2D eigenvalue weighted by Crippen LogP contribution is -2.31. The molecule has 0 heterocycles. The van der Waals surface area contributed by atoms with Gasteiger partial charge in [0.2, 0.25) is 0 Å². The van der Waals surface area contributed by atoms with Crippen LogP contribution in [0.3, 0.4) is 0 Å². The van der Waals surface area contributed by atoms with Crippen molar-refractivity contribution in [3.05, 3.63) is 0 Å². The molecule has 3 heteroatoms. The fraction of sp³-hybridized carbons (Fsp3) is 0.909. The van der Waals surface area contributed by atoms with E-state index in [2.05, 4.69) is 13.8 Å². The predicted molar refractivity (Wildman–Crippen MR) is 56.3 cm³/mol. The van der Waals surface area contributed by atoms with Crippen LogP contribution in [0.5, 0.6) is 0 Å². The Morgan fingerprint density at radius 3 is 2.21 bits per heavy atom. The van der Waals surface area contributed by atoms with Gasteiger partial charge in [-0.2, -0.15) is 0 Å². The standard InChI is InChI=1S/C11H22O3/c1-8(2)6-9(3)14-7-11(4,5)10(12)13/h8-9H,6-7H2,1-5H3,(H,12,13). The molecule has 0 aromatic carbocycles. The van der Waals surface area contributed by atoms with E-state index >= 15 is 0 Å². The summed E-state index contributed by atoms with van der Waals surface area (Å²) in [6.45, 7) is 9.87. The number of aliphatic carboxylic acids is 1. The van der Waals surface area contributed by atoms with E-state index in [1.54, 1.807) is 13.8 Å². The maximum atomic E-state index is 10.8. The Morgan fingerprint density at radius 2 is 1.86 bits per heavy atom. The number of carbonyl (C=O) groups is 1. The fourth-order valence-electron chi connectivity index (χ4n) is 1.14.